The Kier molecular flexibility index (Phi) is 8.37. The summed E-state index contributed by atoms with van der Waals surface area (Å²) in [7, 11) is -4.14. The summed E-state index contributed by atoms with van der Waals surface area (Å²) in [5, 5.41) is 2.10. The predicted octanol–water partition coefficient (Wildman–Crippen LogP) is 5.26. The second-order valence-electron chi connectivity index (χ2n) is 8.69. The highest BCUT2D eigenvalue weighted by molar-refractivity contribution is 7.87. The Morgan fingerprint density at radius 2 is 1.67 bits per heavy atom. The molecule has 202 valence electrons. The number of imide groups is 2. The van der Waals surface area contributed by atoms with Crippen molar-refractivity contribution in [1.82, 2.24) is 5.32 Å². The summed E-state index contributed by atoms with van der Waals surface area (Å²) < 4.78 is 36.0. The Hall–Kier alpha value is -4.15. The first kappa shape index (κ1) is 27.9. The number of ether oxygens (including phenoxy) is 1. The molecule has 39 heavy (non-hydrogen) atoms. The molecule has 0 radical (unpaired) electrons. The standard InChI is InChI=1S/C28H25ClN2O7S/c1-3-4-15-37-21-10-8-20(9-11-21)31-27(33)23(26(32)30-28(31)34)16-19-7-14-25(24(29)17-19)38-39(35,36)22-12-5-18(2)6-13-22/h5-14,16-17H,3-4,15H2,1-2H3,(H,30,32,34)/b23-16-. The molecule has 1 heterocycles. The van der Waals surface area contributed by atoms with Gasteiger partial charge in [0.15, 0.2) is 5.75 Å². The summed E-state index contributed by atoms with van der Waals surface area (Å²) in [6, 6.07) is 15.7. The molecule has 0 unspecified atom stereocenters. The summed E-state index contributed by atoms with van der Waals surface area (Å²) in [5.41, 5.74) is 1.14. The van der Waals surface area contributed by atoms with E-state index in [-0.39, 0.29) is 26.9 Å². The van der Waals surface area contributed by atoms with Crippen LogP contribution in [0.5, 0.6) is 11.5 Å². The van der Waals surface area contributed by atoms with E-state index in [1.807, 2.05) is 13.8 Å². The van der Waals surface area contributed by atoms with Gasteiger partial charge in [-0.1, -0.05) is 48.7 Å². The van der Waals surface area contributed by atoms with Gasteiger partial charge in [0.05, 0.1) is 17.3 Å². The highest BCUT2D eigenvalue weighted by atomic mass is 35.5. The van der Waals surface area contributed by atoms with Gasteiger partial charge >= 0.3 is 16.1 Å². The number of nitrogens with zero attached hydrogens (tertiary/aromatic N) is 1. The van der Waals surface area contributed by atoms with E-state index in [0.717, 1.165) is 23.3 Å². The molecule has 3 aromatic rings. The maximum absolute atomic E-state index is 13.2. The van der Waals surface area contributed by atoms with E-state index in [1.165, 1.54) is 36.4 Å². The molecule has 0 aliphatic carbocycles. The van der Waals surface area contributed by atoms with Crippen molar-refractivity contribution in [3.63, 3.8) is 0 Å². The van der Waals surface area contributed by atoms with Gasteiger partial charge in [-0.25, -0.2) is 9.69 Å². The van der Waals surface area contributed by atoms with Gasteiger partial charge in [-0.3, -0.25) is 14.9 Å². The van der Waals surface area contributed by atoms with Gasteiger partial charge < -0.3 is 8.92 Å². The first-order chi connectivity index (χ1) is 18.6. The molecule has 1 fully saturated rings. The molecule has 3 aromatic carbocycles. The van der Waals surface area contributed by atoms with Crippen molar-refractivity contribution < 1.29 is 31.7 Å². The zero-order chi connectivity index (χ0) is 28.2. The Labute approximate surface area is 231 Å². The number of hydrogen-bond donors (Lipinski definition) is 1. The minimum Gasteiger partial charge on any atom is -0.494 e. The number of aryl methyl sites for hydroxylation is 1. The average Bonchev–Trinajstić information content (AvgIpc) is 2.89. The van der Waals surface area contributed by atoms with Crippen molar-refractivity contribution in [3.05, 3.63) is 88.5 Å². The van der Waals surface area contributed by atoms with E-state index in [1.54, 1.807) is 36.4 Å². The van der Waals surface area contributed by atoms with Crippen LogP contribution in [0, 0.1) is 6.92 Å². The molecule has 1 aliphatic heterocycles. The Bertz CT molecular complexity index is 1550. The van der Waals surface area contributed by atoms with Gasteiger partial charge in [-0.15, -0.1) is 0 Å². The molecule has 0 atom stereocenters. The van der Waals surface area contributed by atoms with Crippen molar-refractivity contribution in [1.29, 1.82) is 0 Å². The minimum absolute atomic E-state index is 0.0369. The summed E-state index contributed by atoms with van der Waals surface area (Å²) in [5.74, 6) is -1.25. The largest absolute Gasteiger partial charge is 0.494 e. The number of carbonyl (C=O) groups excluding carboxylic acids is 3. The summed E-state index contributed by atoms with van der Waals surface area (Å²) >= 11 is 6.27. The van der Waals surface area contributed by atoms with Crippen LogP contribution < -0.4 is 19.1 Å². The zero-order valence-electron chi connectivity index (χ0n) is 21.1. The number of carbonyl (C=O) groups is 3. The van der Waals surface area contributed by atoms with Crippen molar-refractivity contribution in [2.24, 2.45) is 0 Å². The van der Waals surface area contributed by atoms with Gasteiger partial charge in [0.2, 0.25) is 0 Å². The van der Waals surface area contributed by atoms with Gasteiger partial charge in [0.25, 0.3) is 11.8 Å². The number of nitrogens with one attached hydrogen (secondary N) is 1. The van der Waals surface area contributed by atoms with E-state index in [2.05, 4.69) is 5.32 Å². The lowest BCUT2D eigenvalue weighted by Gasteiger charge is -2.26. The lowest BCUT2D eigenvalue weighted by atomic mass is 10.1. The molecule has 0 aromatic heterocycles. The Morgan fingerprint density at radius 3 is 2.31 bits per heavy atom. The lowest BCUT2D eigenvalue weighted by Crippen LogP contribution is -2.54. The van der Waals surface area contributed by atoms with Gasteiger partial charge in [0.1, 0.15) is 16.2 Å². The maximum Gasteiger partial charge on any atom is 0.339 e. The van der Waals surface area contributed by atoms with Crippen LogP contribution in [-0.4, -0.2) is 32.9 Å². The molecule has 0 bridgehead atoms. The third-order valence-corrected chi connectivity index (χ3v) is 7.28. The van der Waals surface area contributed by atoms with Crippen LogP contribution in [0.4, 0.5) is 10.5 Å². The van der Waals surface area contributed by atoms with Crippen LogP contribution in [0.15, 0.2) is 77.2 Å². The number of urea groups is 1. The normalized spacial score (nSPS) is 14.9. The summed E-state index contributed by atoms with van der Waals surface area (Å²) in [6.07, 6.45) is 3.13. The molecule has 11 heteroatoms. The van der Waals surface area contributed by atoms with Crippen LogP contribution >= 0.6 is 11.6 Å². The topological polar surface area (TPSA) is 119 Å². The lowest BCUT2D eigenvalue weighted by molar-refractivity contribution is -0.122. The fourth-order valence-electron chi connectivity index (χ4n) is 3.63. The molecule has 1 saturated heterocycles. The SMILES string of the molecule is CCCCOc1ccc(N2C(=O)NC(=O)/C(=C/c3ccc(OS(=O)(=O)c4ccc(C)cc4)c(Cl)c3)C2=O)cc1. The van der Waals surface area contributed by atoms with E-state index < -0.39 is 28.0 Å². The maximum atomic E-state index is 13.2. The predicted molar refractivity (Wildman–Crippen MR) is 146 cm³/mol. The molecular weight excluding hydrogens is 544 g/mol. The fourth-order valence-corrected chi connectivity index (χ4v) is 4.85. The quantitative estimate of drug-likeness (QED) is 0.162. The van der Waals surface area contributed by atoms with E-state index in [9.17, 15) is 22.8 Å². The Balaban J connectivity index is 1.55. The molecule has 1 aliphatic rings. The smallest absolute Gasteiger partial charge is 0.339 e. The molecule has 0 saturated carbocycles. The van der Waals surface area contributed by atoms with Gasteiger partial charge in [-0.2, -0.15) is 8.42 Å². The third-order valence-electron chi connectivity index (χ3n) is 5.74. The molecule has 1 N–H and O–H groups in total. The van der Waals surface area contributed by atoms with Crippen molar-refractivity contribution >= 4 is 51.3 Å². The van der Waals surface area contributed by atoms with Crippen molar-refractivity contribution in [2.45, 2.75) is 31.6 Å². The molecule has 4 rings (SSSR count). The molecule has 0 spiro atoms. The van der Waals surface area contributed by atoms with E-state index >= 15 is 0 Å². The third kappa shape index (κ3) is 6.47. The summed E-state index contributed by atoms with van der Waals surface area (Å²) in [4.78, 5) is 39.0. The first-order valence-electron chi connectivity index (χ1n) is 12.0. The first-order valence-corrected chi connectivity index (χ1v) is 13.8. The van der Waals surface area contributed by atoms with Crippen LogP contribution in [0.2, 0.25) is 5.02 Å². The number of amides is 4. The number of anilines is 1. The monoisotopic (exact) mass is 568 g/mol. The van der Waals surface area contributed by atoms with E-state index in [4.69, 9.17) is 20.5 Å². The van der Waals surface area contributed by atoms with Crippen molar-refractivity contribution in [3.8, 4) is 11.5 Å². The van der Waals surface area contributed by atoms with Crippen LogP contribution in [-0.2, 0) is 19.7 Å². The number of rotatable bonds is 9. The second kappa shape index (κ2) is 11.7. The number of halogens is 1. The number of hydrogen-bond acceptors (Lipinski definition) is 7. The van der Waals surface area contributed by atoms with Gasteiger partial charge in [0, 0.05) is 0 Å². The highest BCUT2D eigenvalue weighted by Crippen LogP contribution is 2.30. The number of benzene rings is 3. The zero-order valence-corrected chi connectivity index (χ0v) is 22.7. The van der Waals surface area contributed by atoms with Crippen LogP contribution in [0.1, 0.15) is 30.9 Å². The van der Waals surface area contributed by atoms with E-state index in [0.29, 0.717) is 17.9 Å². The number of unbranched alkanes of at least 4 members (excludes halogenated alkanes) is 1. The highest BCUT2D eigenvalue weighted by Gasteiger charge is 2.36. The fraction of sp³-hybridized carbons (Fsp3) is 0.179. The van der Waals surface area contributed by atoms with Crippen LogP contribution in [0.3, 0.4) is 0 Å². The molecule has 9 nitrogen and oxygen atoms in total. The Morgan fingerprint density at radius 1 is 0.974 bits per heavy atom. The molecule has 4 amide bonds. The summed E-state index contributed by atoms with van der Waals surface area (Å²) in [6.45, 7) is 4.42. The van der Waals surface area contributed by atoms with Gasteiger partial charge in [-0.05, 0) is 73.5 Å². The molecular formula is C28H25ClN2O7S. The van der Waals surface area contributed by atoms with Crippen molar-refractivity contribution in [2.75, 3.05) is 11.5 Å². The van der Waals surface area contributed by atoms with Crippen LogP contribution in [0.25, 0.3) is 6.08 Å². The number of barbiturate groups is 1. The average molecular weight is 569 g/mol. The minimum atomic E-state index is -4.14. The second-order valence-corrected chi connectivity index (χ2v) is 10.6.